The van der Waals surface area contributed by atoms with Crippen molar-refractivity contribution in [1.29, 1.82) is 0 Å². The molecule has 0 aromatic heterocycles. The molecule has 0 spiro atoms. The minimum Gasteiger partial charge on any atom is -0.289 e. The number of nitrogens with zero attached hydrogens (tertiary/aromatic N) is 4. The lowest BCUT2D eigenvalue weighted by molar-refractivity contribution is -0.384. The van der Waals surface area contributed by atoms with Crippen LogP contribution in [0, 0.1) is 10.1 Å². The maximum absolute atomic E-state index is 12.4. The molecular formula is C14H6N4O4. The topological polar surface area (TPSA) is 126 Å². The van der Waals surface area contributed by atoms with Crippen LogP contribution in [-0.2, 0) is 0 Å². The lowest BCUT2D eigenvalue weighted by Gasteiger charge is -2.05. The van der Waals surface area contributed by atoms with Crippen LogP contribution in [0.25, 0.3) is 21.6 Å². The number of hydrogen-bond acceptors (Lipinski definition) is 4. The fourth-order valence-electron chi connectivity index (χ4n) is 2.50. The third-order valence-corrected chi connectivity index (χ3v) is 3.40. The van der Waals surface area contributed by atoms with Crippen LogP contribution in [0.15, 0.2) is 41.5 Å². The number of nitro benzene ring substituents is 1. The second-order valence-electron chi connectivity index (χ2n) is 4.54. The van der Waals surface area contributed by atoms with Gasteiger partial charge in [-0.15, -0.1) is 0 Å². The minimum atomic E-state index is -0.807. The zero-order valence-corrected chi connectivity index (χ0v) is 10.9. The molecule has 1 aliphatic rings. The van der Waals surface area contributed by atoms with Crippen LogP contribution in [0.5, 0.6) is 0 Å². The average molecular weight is 294 g/mol. The molecule has 0 atom stereocenters. The molecule has 3 rings (SSSR count). The van der Waals surface area contributed by atoms with Gasteiger partial charge in [0.25, 0.3) is 5.69 Å². The van der Waals surface area contributed by atoms with Crippen molar-refractivity contribution < 1.29 is 14.5 Å². The Morgan fingerprint density at radius 1 is 1.18 bits per heavy atom. The maximum atomic E-state index is 12.4. The van der Waals surface area contributed by atoms with E-state index in [0.717, 1.165) is 0 Å². The van der Waals surface area contributed by atoms with Crippen LogP contribution in [0.3, 0.4) is 0 Å². The van der Waals surface area contributed by atoms with E-state index in [0.29, 0.717) is 11.1 Å². The Morgan fingerprint density at radius 2 is 1.95 bits per heavy atom. The van der Waals surface area contributed by atoms with Crippen molar-refractivity contribution in [1.82, 2.24) is 0 Å². The molecule has 0 bridgehead atoms. The predicted molar refractivity (Wildman–Crippen MR) is 75.4 cm³/mol. The zero-order valence-electron chi connectivity index (χ0n) is 10.9. The summed E-state index contributed by atoms with van der Waals surface area (Å²) < 4.78 is 0. The van der Waals surface area contributed by atoms with E-state index in [1.165, 1.54) is 36.4 Å². The van der Waals surface area contributed by atoms with Crippen LogP contribution in [0.1, 0.15) is 26.3 Å². The van der Waals surface area contributed by atoms with Crippen molar-refractivity contribution in [2.45, 2.75) is 0 Å². The Kier molecular flexibility index (Phi) is 2.94. The molecule has 22 heavy (non-hydrogen) atoms. The van der Waals surface area contributed by atoms with Crippen molar-refractivity contribution in [3.63, 3.8) is 0 Å². The van der Waals surface area contributed by atoms with Gasteiger partial charge in [0, 0.05) is 39.3 Å². The van der Waals surface area contributed by atoms with Crippen molar-refractivity contribution in [2.75, 3.05) is 0 Å². The van der Waals surface area contributed by atoms with Gasteiger partial charge >= 0.3 is 0 Å². The number of rotatable bonds is 2. The molecule has 0 aliphatic heterocycles. The van der Waals surface area contributed by atoms with Gasteiger partial charge in [0.05, 0.1) is 4.92 Å². The molecule has 1 aliphatic carbocycles. The molecule has 8 nitrogen and oxygen atoms in total. The monoisotopic (exact) mass is 294 g/mol. The summed E-state index contributed by atoms with van der Waals surface area (Å²) in [5, 5.41) is 13.9. The van der Waals surface area contributed by atoms with Gasteiger partial charge < -0.3 is 0 Å². The fraction of sp³-hybridized carbons (Fsp3) is 0. The molecule has 106 valence electrons. The largest absolute Gasteiger partial charge is 0.289 e. The quantitative estimate of drug-likeness (QED) is 0.236. The number of hydrogen-bond donors (Lipinski definition) is 0. The van der Waals surface area contributed by atoms with E-state index in [1.54, 1.807) is 0 Å². The average Bonchev–Trinajstić information content (AvgIpc) is 2.80. The van der Waals surface area contributed by atoms with E-state index in [-0.39, 0.29) is 22.4 Å². The normalized spacial score (nSPS) is 11.4. The van der Waals surface area contributed by atoms with Crippen LogP contribution in [-0.4, -0.2) is 16.6 Å². The van der Waals surface area contributed by atoms with Crippen LogP contribution >= 0.6 is 0 Å². The summed E-state index contributed by atoms with van der Waals surface area (Å²) in [6, 6.07) is 8.33. The second kappa shape index (κ2) is 4.80. The Bertz CT molecular complexity index is 913. The van der Waals surface area contributed by atoms with Crippen molar-refractivity contribution in [3.8, 4) is 11.1 Å². The Hall–Kier alpha value is -3.51. The highest BCUT2D eigenvalue weighted by atomic mass is 16.6. The first-order chi connectivity index (χ1) is 10.5. The number of amides is 1. The smallest absolute Gasteiger partial charge is 0.270 e. The number of non-ortho nitro benzene ring substituents is 1. The molecule has 0 N–H and O–H groups in total. The van der Waals surface area contributed by atoms with Gasteiger partial charge in [-0.1, -0.05) is 18.2 Å². The van der Waals surface area contributed by atoms with E-state index in [1.807, 2.05) is 0 Å². The number of nitro groups is 1. The fourth-order valence-corrected chi connectivity index (χ4v) is 2.50. The lowest BCUT2D eigenvalue weighted by Crippen LogP contribution is -1.99. The molecule has 0 fully saturated rings. The highest BCUT2D eigenvalue weighted by Crippen LogP contribution is 2.40. The van der Waals surface area contributed by atoms with Gasteiger partial charge in [0.2, 0.25) is 5.91 Å². The Labute approximate surface area is 122 Å². The Morgan fingerprint density at radius 3 is 2.64 bits per heavy atom. The van der Waals surface area contributed by atoms with E-state index in [4.69, 9.17) is 5.53 Å². The first-order valence-corrected chi connectivity index (χ1v) is 6.10. The third kappa shape index (κ3) is 1.83. The van der Waals surface area contributed by atoms with E-state index in [2.05, 4.69) is 10.0 Å². The molecule has 2 aromatic carbocycles. The van der Waals surface area contributed by atoms with Gasteiger partial charge in [0.1, 0.15) is 0 Å². The minimum absolute atomic E-state index is 0.0938. The molecule has 0 saturated carbocycles. The van der Waals surface area contributed by atoms with Crippen LogP contribution < -0.4 is 0 Å². The summed E-state index contributed by atoms with van der Waals surface area (Å²) in [5.74, 6) is -1.21. The number of benzene rings is 2. The summed E-state index contributed by atoms with van der Waals surface area (Å²) in [6.45, 7) is 0. The van der Waals surface area contributed by atoms with Gasteiger partial charge in [0.15, 0.2) is 5.78 Å². The predicted octanol–water partition coefficient (Wildman–Crippen LogP) is 3.26. The summed E-state index contributed by atoms with van der Waals surface area (Å²) >= 11 is 0. The number of carbonyl (C=O) groups is 2. The molecule has 1 amide bonds. The summed E-state index contributed by atoms with van der Waals surface area (Å²) in [5.41, 5.74) is 9.45. The first kappa shape index (κ1) is 13.5. The maximum Gasteiger partial charge on any atom is 0.270 e. The summed E-state index contributed by atoms with van der Waals surface area (Å²) in [6.07, 6.45) is 0. The van der Waals surface area contributed by atoms with E-state index >= 15 is 0 Å². The second-order valence-corrected chi connectivity index (χ2v) is 4.54. The molecule has 0 radical (unpaired) electrons. The van der Waals surface area contributed by atoms with Crippen LogP contribution in [0.4, 0.5) is 5.69 Å². The molecule has 8 heteroatoms. The zero-order chi connectivity index (χ0) is 15.9. The molecule has 0 saturated heterocycles. The van der Waals surface area contributed by atoms with Gasteiger partial charge in [-0.2, -0.15) is 0 Å². The molecule has 2 aromatic rings. The number of ketones is 1. The highest BCUT2D eigenvalue weighted by Gasteiger charge is 2.31. The van der Waals surface area contributed by atoms with Crippen molar-refractivity contribution in [2.24, 2.45) is 5.11 Å². The standard InChI is InChI=1S/C14H6N4O4/c15-17-16-14(20)10-3-1-2-9-12(10)8-5-4-7(18(21)22)6-11(8)13(9)19/h1-6H. The van der Waals surface area contributed by atoms with Crippen molar-refractivity contribution >= 4 is 17.4 Å². The van der Waals surface area contributed by atoms with Crippen LogP contribution in [0.2, 0.25) is 0 Å². The van der Waals surface area contributed by atoms with Crippen molar-refractivity contribution in [3.05, 3.63) is 73.6 Å². The van der Waals surface area contributed by atoms with Gasteiger partial charge in [-0.05, 0) is 22.3 Å². The molecule has 0 heterocycles. The third-order valence-electron chi connectivity index (χ3n) is 3.40. The molecule has 0 unspecified atom stereocenters. The highest BCUT2D eigenvalue weighted by molar-refractivity contribution is 6.24. The first-order valence-electron chi connectivity index (χ1n) is 6.10. The van der Waals surface area contributed by atoms with Gasteiger partial charge in [-0.3, -0.25) is 19.7 Å². The number of fused-ring (bicyclic) bond motifs is 3. The van der Waals surface area contributed by atoms with E-state index < -0.39 is 16.6 Å². The SMILES string of the molecule is [N-]=[N+]=NC(=O)c1cccc2c1-c1ccc([N+](=O)[O-])cc1C2=O. The summed E-state index contributed by atoms with van der Waals surface area (Å²) in [4.78, 5) is 36.9. The lowest BCUT2D eigenvalue weighted by atomic mass is 9.99. The Balaban J connectivity index is 2.29. The van der Waals surface area contributed by atoms with Gasteiger partial charge in [-0.25, -0.2) is 0 Å². The number of carbonyl (C=O) groups excluding carboxylic acids is 2. The molecular weight excluding hydrogens is 288 g/mol. The number of azide groups is 1. The van der Waals surface area contributed by atoms with E-state index in [9.17, 15) is 19.7 Å². The summed E-state index contributed by atoms with van der Waals surface area (Å²) in [7, 11) is 0.